The number of anilines is 1. The van der Waals surface area contributed by atoms with Crippen LogP contribution in [0.3, 0.4) is 0 Å². The van der Waals surface area contributed by atoms with Gasteiger partial charge in [-0.3, -0.25) is 4.79 Å². The summed E-state index contributed by atoms with van der Waals surface area (Å²) in [6.45, 7) is 4.43. The number of nitrogens with two attached hydrogens (primary N) is 1. The zero-order valence-corrected chi connectivity index (χ0v) is 14.5. The van der Waals surface area contributed by atoms with Gasteiger partial charge in [0.1, 0.15) is 0 Å². The highest BCUT2D eigenvalue weighted by molar-refractivity contribution is 5.85. The Labute approximate surface area is 134 Å². The Balaban J connectivity index is 0.00000400. The predicted molar refractivity (Wildman–Crippen MR) is 92.0 cm³/mol. The van der Waals surface area contributed by atoms with E-state index in [1.807, 2.05) is 47.1 Å². The molecule has 1 rings (SSSR count). The third-order valence-corrected chi connectivity index (χ3v) is 3.45. The van der Waals surface area contributed by atoms with Gasteiger partial charge >= 0.3 is 0 Å². The molecule has 0 aromatic heterocycles. The minimum atomic E-state index is -0.775. The van der Waals surface area contributed by atoms with Crippen molar-refractivity contribution in [1.29, 1.82) is 0 Å². The molecule has 120 valence electrons. The summed E-state index contributed by atoms with van der Waals surface area (Å²) in [5.74, 6) is -0.00499. The van der Waals surface area contributed by atoms with Gasteiger partial charge in [-0.1, -0.05) is 25.5 Å². The highest BCUT2D eigenvalue weighted by atomic mass is 35.5. The molecule has 0 saturated heterocycles. The van der Waals surface area contributed by atoms with E-state index in [9.17, 15) is 4.79 Å². The first-order valence-corrected chi connectivity index (χ1v) is 7.08. The fraction of sp³-hybridized carbons (Fsp3) is 0.562. The molecule has 2 N–H and O–H groups in total. The number of benzene rings is 1. The largest absolute Gasteiger partial charge is 0.378 e. The van der Waals surface area contributed by atoms with Crippen molar-refractivity contribution in [3.8, 4) is 0 Å². The Morgan fingerprint density at radius 2 is 1.90 bits per heavy atom. The molecule has 0 aliphatic carbocycles. The van der Waals surface area contributed by atoms with Crippen LogP contribution >= 0.6 is 12.4 Å². The number of hydrogen-bond donors (Lipinski definition) is 1. The summed E-state index contributed by atoms with van der Waals surface area (Å²) in [7, 11) is 5.82. The van der Waals surface area contributed by atoms with Crippen molar-refractivity contribution in [2.45, 2.75) is 38.8 Å². The van der Waals surface area contributed by atoms with Gasteiger partial charge < -0.3 is 15.5 Å². The standard InChI is InChI=1S/C16H27N3O.ClH/c1-6-10-16(2,17)15(20)19(5)12-13-8-7-9-14(11-13)18(3)4;/h7-9,11H,6,10,12,17H2,1-5H3;1H. The molecule has 0 saturated carbocycles. The Morgan fingerprint density at radius 1 is 1.29 bits per heavy atom. The van der Waals surface area contributed by atoms with Gasteiger partial charge in [-0.25, -0.2) is 0 Å². The lowest BCUT2D eigenvalue weighted by Crippen LogP contribution is -2.51. The molecule has 1 aromatic rings. The molecule has 0 fully saturated rings. The summed E-state index contributed by atoms with van der Waals surface area (Å²) in [5.41, 5.74) is 7.57. The molecule has 0 spiro atoms. The van der Waals surface area contributed by atoms with E-state index >= 15 is 0 Å². The van der Waals surface area contributed by atoms with E-state index in [4.69, 9.17) is 5.73 Å². The Morgan fingerprint density at radius 3 is 2.43 bits per heavy atom. The van der Waals surface area contributed by atoms with E-state index in [0.717, 1.165) is 17.7 Å². The number of carbonyl (C=O) groups excluding carboxylic acids is 1. The third-order valence-electron chi connectivity index (χ3n) is 3.45. The molecule has 1 atom stereocenters. The van der Waals surface area contributed by atoms with Crippen molar-refractivity contribution in [3.05, 3.63) is 29.8 Å². The van der Waals surface area contributed by atoms with Crippen molar-refractivity contribution < 1.29 is 4.79 Å². The van der Waals surface area contributed by atoms with E-state index in [2.05, 4.69) is 17.0 Å². The van der Waals surface area contributed by atoms with Crippen LogP contribution in [0.5, 0.6) is 0 Å². The first-order valence-electron chi connectivity index (χ1n) is 7.08. The number of rotatable bonds is 6. The van der Waals surface area contributed by atoms with Gasteiger partial charge in [0.15, 0.2) is 0 Å². The van der Waals surface area contributed by atoms with Crippen molar-refractivity contribution in [2.75, 3.05) is 26.0 Å². The SMILES string of the molecule is CCCC(C)(N)C(=O)N(C)Cc1cccc(N(C)C)c1.Cl. The number of hydrogen-bond acceptors (Lipinski definition) is 3. The maximum absolute atomic E-state index is 12.4. The molecule has 5 heteroatoms. The minimum Gasteiger partial charge on any atom is -0.378 e. The van der Waals surface area contributed by atoms with Gasteiger partial charge in [0, 0.05) is 33.4 Å². The second-order valence-corrected chi connectivity index (χ2v) is 5.89. The second kappa shape index (κ2) is 8.25. The molecule has 0 radical (unpaired) electrons. The molecule has 0 aliphatic rings. The zero-order valence-electron chi connectivity index (χ0n) is 13.7. The molecular formula is C16H28ClN3O. The Kier molecular flexibility index (Phi) is 7.75. The van der Waals surface area contributed by atoms with Crippen LogP contribution in [0.15, 0.2) is 24.3 Å². The van der Waals surface area contributed by atoms with Crippen LogP contribution in [0.4, 0.5) is 5.69 Å². The molecule has 0 heterocycles. The second-order valence-electron chi connectivity index (χ2n) is 5.89. The molecular weight excluding hydrogens is 286 g/mol. The quantitative estimate of drug-likeness (QED) is 0.878. The molecule has 1 aromatic carbocycles. The average Bonchev–Trinajstić information content (AvgIpc) is 2.38. The summed E-state index contributed by atoms with van der Waals surface area (Å²) in [5, 5.41) is 0. The highest BCUT2D eigenvalue weighted by Gasteiger charge is 2.30. The van der Waals surface area contributed by atoms with E-state index in [0.29, 0.717) is 13.0 Å². The summed E-state index contributed by atoms with van der Waals surface area (Å²) >= 11 is 0. The topological polar surface area (TPSA) is 49.6 Å². The number of halogens is 1. The molecule has 0 bridgehead atoms. The van der Waals surface area contributed by atoms with Gasteiger partial charge in [0.05, 0.1) is 5.54 Å². The van der Waals surface area contributed by atoms with Gasteiger partial charge in [-0.2, -0.15) is 0 Å². The Bertz CT molecular complexity index is 461. The first-order chi connectivity index (χ1) is 9.27. The van der Waals surface area contributed by atoms with Crippen molar-refractivity contribution in [1.82, 2.24) is 4.90 Å². The third kappa shape index (κ3) is 5.56. The molecule has 4 nitrogen and oxygen atoms in total. The van der Waals surface area contributed by atoms with Crippen LogP contribution in [0, 0.1) is 0 Å². The van der Waals surface area contributed by atoms with Crippen molar-refractivity contribution in [2.24, 2.45) is 5.73 Å². The number of carbonyl (C=O) groups is 1. The van der Waals surface area contributed by atoms with Crippen LogP contribution in [0.2, 0.25) is 0 Å². The number of likely N-dealkylation sites (N-methyl/N-ethyl adjacent to an activating group) is 1. The predicted octanol–water partition coefficient (Wildman–Crippen LogP) is 2.65. The van der Waals surface area contributed by atoms with Crippen LogP contribution in [0.1, 0.15) is 32.3 Å². The molecule has 0 aliphatic heterocycles. The smallest absolute Gasteiger partial charge is 0.242 e. The minimum absolute atomic E-state index is 0. The fourth-order valence-corrected chi connectivity index (χ4v) is 2.34. The van der Waals surface area contributed by atoms with E-state index in [-0.39, 0.29) is 18.3 Å². The van der Waals surface area contributed by atoms with E-state index in [1.54, 1.807) is 4.90 Å². The number of nitrogens with zero attached hydrogens (tertiary/aromatic N) is 2. The zero-order chi connectivity index (χ0) is 15.3. The van der Waals surface area contributed by atoms with Crippen LogP contribution < -0.4 is 10.6 Å². The van der Waals surface area contributed by atoms with Crippen molar-refractivity contribution in [3.63, 3.8) is 0 Å². The van der Waals surface area contributed by atoms with Gasteiger partial charge in [-0.15, -0.1) is 12.4 Å². The van der Waals surface area contributed by atoms with Gasteiger partial charge in [0.2, 0.25) is 5.91 Å². The summed E-state index contributed by atoms with van der Waals surface area (Å²) < 4.78 is 0. The summed E-state index contributed by atoms with van der Waals surface area (Å²) in [4.78, 5) is 16.1. The van der Waals surface area contributed by atoms with Crippen LogP contribution in [-0.4, -0.2) is 37.5 Å². The lowest BCUT2D eigenvalue weighted by atomic mass is 9.95. The van der Waals surface area contributed by atoms with E-state index in [1.165, 1.54) is 0 Å². The molecule has 1 amide bonds. The monoisotopic (exact) mass is 313 g/mol. The average molecular weight is 314 g/mol. The lowest BCUT2D eigenvalue weighted by molar-refractivity contribution is -0.135. The summed E-state index contributed by atoms with van der Waals surface area (Å²) in [6, 6.07) is 8.19. The first kappa shape index (κ1) is 19.7. The normalized spacial score (nSPS) is 13.0. The fourth-order valence-electron chi connectivity index (χ4n) is 2.34. The van der Waals surface area contributed by atoms with Crippen LogP contribution in [-0.2, 0) is 11.3 Å². The van der Waals surface area contributed by atoms with Crippen molar-refractivity contribution >= 4 is 24.0 Å². The van der Waals surface area contributed by atoms with Crippen LogP contribution in [0.25, 0.3) is 0 Å². The maximum Gasteiger partial charge on any atom is 0.242 e. The lowest BCUT2D eigenvalue weighted by Gasteiger charge is -2.29. The highest BCUT2D eigenvalue weighted by Crippen LogP contribution is 2.17. The maximum atomic E-state index is 12.4. The molecule has 21 heavy (non-hydrogen) atoms. The van der Waals surface area contributed by atoms with Gasteiger partial charge in [0.25, 0.3) is 0 Å². The van der Waals surface area contributed by atoms with Gasteiger partial charge in [-0.05, 0) is 31.0 Å². The van der Waals surface area contributed by atoms with E-state index < -0.39 is 5.54 Å². The Hall–Kier alpha value is -1.26. The summed E-state index contributed by atoms with van der Waals surface area (Å²) in [6.07, 6.45) is 1.61. The number of amides is 1. The molecule has 1 unspecified atom stereocenters.